The Morgan fingerprint density at radius 1 is 1.00 bits per heavy atom. The molecule has 0 aromatic heterocycles. The third-order valence-electron chi connectivity index (χ3n) is 5.61. The molecule has 2 aliphatic heterocycles. The number of anilines is 1. The monoisotopic (exact) mass is 279 g/mol. The van der Waals surface area contributed by atoms with Gasteiger partial charge in [0.25, 0.3) is 0 Å². The molecule has 0 bridgehead atoms. The molecular weight excluding hydrogens is 258 g/mol. The SMILES string of the molecule is C[C@@]12OCC[C@]1(C)[C@H](c1ccccc1)Nc1ccccc12. The Labute approximate surface area is 126 Å². The lowest BCUT2D eigenvalue weighted by atomic mass is 9.62. The fourth-order valence-corrected chi connectivity index (χ4v) is 4.11. The first-order valence-corrected chi connectivity index (χ1v) is 7.70. The highest BCUT2D eigenvalue weighted by atomic mass is 16.5. The second-order valence-corrected chi connectivity index (χ2v) is 6.58. The molecule has 4 rings (SSSR count). The predicted molar refractivity (Wildman–Crippen MR) is 85.3 cm³/mol. The van der Waals surface area contributed by atoms with Gasteiger partial charge in [-0.3, -0.25) is 0 Å². The number of fused-ring (bicyclic) bond motifs is 3. The molecule has 1 N–H and O–H groups in total. The van der Waals surface area contributed by atoms with Crippen molar-refractivity contribution in [1.29, 1.82) is 0 Å². The van der Waals surface area contributed by atoms with E-state index in [4.69, 9.17) is 4.74 Å². The second kappa shape index (κ2) is 4.35. The molecule has 2 nitrogen and oxygen atoms in total. The van der Waals surface area contributed by atoms with Gasteiger partial charge < -0.3 is 10.1 Å². The molecule has 21 heavy (non-hydrogen) atoms. The molecule has 2 heteroatoms. The Morgan fingerprint density at radius 2 is 1.71 bits per heavy atom. The second-order valence-electron chi connectivity index (χ2n) is 6.58. The van der Waals surface area contributed by atoms with Crippen LogP contribution < -0.4 is 5.32 Å². The van der Waals surface area contributed by atoms with E-state index >= 15 is 0 Å². The molecular formula is C19H21NO. The normalized spacial score (nSPS) is 33.9. The largest absolute Gasteiger partial charge is 0.377 e. The number of benzene rings is 2. The van der Waals surface area contributed by atoms with E-state index in [-0.39, 0.29) is 17.1 Å². The van der Waals surface area contributed by atoms with Gasteiger partial charge in [0.15, 0.2) is 0 Å². The van der Waals surface area contributed by atoms with Crippen molar-refractivity contribution in [2.24, 2.45) is 5.41 Å². The zero-order valence-corrected chi connectivity index (χ0v) is 12.6. The van der Waals surface area contributed by atoms with Gasteiger partial charge in [-0.1, -0.05) is 55.5 Å². The van der Waals surface area contributed by atoms with E-state index in [2.05, 4.69) is 73.8 Å². The summed E-state index contributed by atoms with van der Waals surface area (Å²) in [7, 11) is 0. The zero-order valence-electron chi connectivity index (χ0n) is 12.6. The van der Waals surface area contributed by atoms with Crippen molar-refractivity contribution < 1.29 is 4.74 Å². The van der Waals surface area contributed by atoms with E-state index in [9.17, 15) is 0 Å². The predicted octanol–water partition coefficient (Wildman–Crippen LogP) is 4.50. The van der Waals surface area contributed by atoms with Crippen LogP contribution in [0.1, 0.15) is 37.4 Å². The first-order chi connectivity index (χ1) is 10.2. The highest BCUT2D eigenvalue weighted by Gasteiger charge is 2.58. The Hall–Kier alpha value is -1.80. The van der Waals surface area contributed by atoms with Crippen molar-refractivity contribution in [1.82, 2.24) is 0 Å². The molecule has 0 aliphatic carbocycles. The van der Waals surface area contributed by atoms with E-state index in [1.165, 1.54) is 16.8 Å². The lowest BCUT2D eigenvalue weighted by Crippen LogP contribution is -2.48. The lowest BCUT2D eigenvalue weighted by molar-refractivity contribution is -0.0595. The van der Waals surface area contributed by atoms with Crippen LogP contribution in [0.4, 0.5) is 5.69 Å². The number of para-hydroxylation sites is 1. The van der Waals surface area contributed by atoms with E-state index in [0.29, 0.717) is 0 Å². The van der Waals surface area contributed by atoms with Gasteiger partial charge >= 0.3 is 0 Å². The fourth-order valence-electron chi connectivity index (χ4n) is 4.11. The summed E-state index contributed by atoms with van der Waals surface area (Å²) in [5.74, 6) is 0. The van der Waals surface area contributed by atoms with Gasteiger partial charge in [0, 0.05) is 23.3 Å². The highest BCUT2D eigenvalue weighted by Crippen LogP contribution is 2.61. The summed E-state index contributed by atoms with van der Waals surface area (Å²) in [5.41, 5.74) is 3.66. The maximum absolute atomic E-state index is 6.29. The summed E-state index contributed by atoms with van der Waals surface area (Å²) in [6, 6.07) is 19.6. The Bertz CT molecular complexity index is 668. The summed E-state index contributed by atoms with van der Waals surface area (Å²) >= 11 is 0. The number of nitrogens with one attached hydrogen (secondary N) is 1. The van der Waals surface area contributed by atoms with Crippen LogP contribution in [0.2, 0.25) is 0 Å². The van der Waals surface area contributed by atoms with Crippen LogP contribution in [-0.2, 0) is 10.3 Å². The minimum atomic E-state index is -0.227. The van der Waals surface area contributed by atoms with Crippen LogP contribution in [0.5, 0.6) is 0 Å². The van der Waals surface area contributed by atoms with E-state index < -0.39 is 0 Å². The molecule has 0 amide bonds. The van der Waals surface area contributed by atoms with E-state index in [1.807, 2.05) is 0 Å². The lowest BCUT2D eigenvalue weighted by Gasteiger charge is -2.50. The van der Waals surface area contributed by atoms with Crippen LogP contribution >= 0.6 is 0 Å². The first-order valence-electron chi connectivity index (χ1n) is 7.70. The molecule has 0 spiro atoms. The maximum atomic E-state index is 6.29. The van der Waals surface area contributed by atoms with Crippen LogP contribution in [0.15, 0.2) is 54.6 Å². The third kappa shape index (κ3) is 1.63. The molecule has 2 heterocycles. The molecule has 2 aromatic carbocycles. The van der Waals surface area contributed by atoms with Crippen molar-refractivity contribution in [2.75, 3.05) is 11.9 Å². The number of ether oxygens (including phenoxy) is 1. The number of hydrogen-bond acceptors (Lipinski definition) is 2. The van der Waals surface area contributed by atoms with Crippen LogP contribution in [0.25, 0.3) is 0 Å². The molecule has 0 unspecified atom stereocenters. The highest BCUT2D eigenvalue weighted by molar-refractivity contribution is 5.60. The van der Waals surface area contributed by atoms with E-state index in [1.54, 1.807) is 0 Å². The summed E-state index contributed by atoms with van der Waals surface area (Å²) in [6.45, 7) is 5.45. The Balaban J connectivity index is 1.92. The minimum Gasteiger partial charge on any atom is -0.377 e. The molecule has 0 radical (unpaired) electrons. The quantitative estimate of drug-likeness (QED) is 0.830. The van der Waals surface area contributed by atoms with Crippen molar-refractivity contribution in [3.8, 4) is 0 Å². The minimum absolute atomic E-state index is 0.0582. The van der Waals surface area contributed by atoms with Crippen molar-refractivity contribution in [2.45, 2.75) is 31.9 Å². The summed E-state index contributed by atoms with van der Waals surface area (Å²) < 4.78 is 6.29. The molecule has 2 aliphatic rings. The van der Waals surface area contributed by atoms with E-state index in [0.717, 1.165) is 13.0 Å². The molecule has 0 saturated carbocycles. The topological polar surface area (TPSA) is 21.3 Å². The van der Waals surface area contributed by atoms with Gasteiger partial charge in [-0.25, -0.2) is 0 Å². The molecule has 108 valence electrons. The standard InChI is InChI=1S/C19H21NO/c1-18-12-13-21-19(18,2)15-10-6-7-11-16(15)20-17(18)14-8-4-3-5-9-14/h3-11,17,20H,12-13H2,1-2H3/t17-,18+,19-/m0/s1. The molecule has 3 atom stereocenters. The van der Waals surface area contributed by atoms with Crippen molar-refractivity contribution >= 4 is 5.69 Å². The zero-order chi connectivity index (χ0) is 14.5. The third-order valence-corrected chi connectivity index (χ3v) is 5.61. The Kier molecular flexibility index (Phi) is 2.67. The van der Waals surface area contributed by atoms with Gasteiger partial charge in [-0.2, -0.15) is 0 Å². The number of hydrogen-bond donors (Lipinski definition) is 1. The van der Waals surface area contributed by atoms with Crippen molar-refractivity contribution in [3.05, 3.63) is 65.7 Å². The van der Waals surface area contributed by atoms with Crippen LogP contribution in [-0.4, -0.2) is 6.61 Å². The van der Waals surface area contributed by atoms with Gasteiger partial charge in [-0.05, 0) is 25.0 Å². The maximum Gasteiger partial charge on any atom is 0.1000 e. The summed E-state index contributed by atoms with van der Waals surface area (Å²) in [4.78, 5) is 0. The Morgan fingerprint density at radius 3 is 2.52 bits per heavy atom. The van der Waals surface area contributed by atoms with Crippen LogP contribution in [0.3, 0.4) is 0 Å². The molecule has 2 aromatic rings. The number of rotatable bonds is 1. The van der Waals surface area contributed by atoms with Gasteiger partial charge in [-0.15, -0.1) is 0 Å². The smallest absolute Gasteiger partial charge is 0.1000 e. The van der Waals surface area contributed by atoms with Crippen molar-refractivity contribution in [3.63, 3.8) is 0 Å². The first kappa shape index (κ1) is 12.9. The fraction of sp³-hybridized carbons (Fsp3) is 0.368. The average Bonchev–Trinajstić information content (AvgIpc) is 2.84. The van der Waals surface area contributed by atoms with Gasteiger partial charge in [0.1, 0.15) is 0 Å². The van der Waals surface area contributed by atoms with Gasteiger partial charge in [0.05, 0.1) is 11.6 Å². The summed E-state index contributed by atoms with van der Waals surface area (Å²) in [6.07, 6.45) is 1.07. The molecule has 1 saturated heterocycles. The summed E-state index contributed by atoms with van der Waals surface area (Å²) in [5, 5.41) is 3.77. The van der Waals surface area contributed by atoms with Crippen LogP contribution in [0, 0.1) is 5.41 Å². The average molecular weight is 279 g/mol. The molecule has 1 fully saturated rings. The van der Waals surface area contributed by atoms with Gasteiger partial charge in [0.2, 0.25) is 0 Å².